The van der Waals surface area contributed by atoms with Gasteiger partial charge in [0.1, 0.15) is 0 Å². The van der Waals surface area contributed by atoms with Crippen LogP contribution in [-0.2, 0) is 0 Å². The van der Waals surface area contributed by atoms with Crippen molar-refractivity contribution in [3.8, 4) is 0 Å². The maximum Gasteiger partial charge on any atom is 0.178 e. The number of aromatic amines is 1. The molecule has 0 aliphatic rings. The molecule has 0 spiro atoms. The number of Topliss-reactive ketones (excluding diaryl/α,β-unsaturated/α-hetero) is 1. The third-order valence-corrected chi connectivity index (χ3v) is 2.88. The fourth-order valence-corrected chi connectivity index (χ4v) is 1.96. The Morgan fingerprint density at radius 1 is 1.18 bits per heavy atom. The first kappa shape index (κ1) is 11.7. The summed E-state index contributed by atoms with van der Waals surface area (Å²) in [4.78, 5) is 15.1. The number of rotatable bonds is 5. The van der Waals surface area contributed by atoms with Gasteiger partial charge in [-0.1, -0.05) is 18.2 Å². The Labute approximate surface area is 101 Å². The molecule has 2 rings (SSSR count). The molecule has 0 aliphatic heterocycles. The molecule has 0 atom stereocenters. The van der Waals surface area contributed by atoms with Gasteiger partial charge in [-0.05, 0) is 25.5 Å². The molecular weight excluding hydrogens is 212 g/mol. The maximum absolute atomic E-state index is 12.1. The number of ketones is 1. The molecule has 0 amide bonds. The van der Waals surface area contributed by atoms with E-state index in [-0.39, 0.29) is 5.78 Å². The summed E-state index contributed by atoms with van der Waals surface area (Å²) in [6.07, 6.45) is 6.02. The Hall–Kier alpha value is -1.74. The molecule has 2 aromatic rings. The Balaban J connectivity index is 2.26. The van der Waals surface area contributed by atoms with E-state index in [1.807, 2.05) is 30.5 Å². The van der Waals surface area contributed by atoms with Crippen LogP contribution in [0.2, 0.25) is 0 Å². The molecule has 0 saturated carbocycles. The molecule has 88 valence electrons. The highest BCUT2D eigenvalue weighted by Gasteiger charge is 2.12. The first-order chi connectivity index (χ1) is 8.33. The van der Waals surface area contributed by atoms with Crippen molar-refractivity contribution in [3.05, 3.63) is 42.2 Å². The minimum absolute atomic E-state index is 0.187. The van der Waals surface area contributed by atoms with Crippen molar-refractivity contribution in [2.24, 2.45) is 5.73 Å². The van der Waals surface area contributed by atoms with Crippen LogP contribution in [0.15, 0.2) is 36.7 Å². The van der Waals surface area contributed by atoms with Crippen LogP contribution >= 0.6 is 0 Å². The third kappa shape index (κ3) is 2.68. The predicted molar refractivity (Wildman–Crippen MR) is 67.7 cm³/mol. The minimum Gasteiger partial charge on any atom is -0.330 e. The van der Waals surface area contributed by atoms with Gasteiger partial charge in [-0.3, -0.25) is 4.79 Å². The zero-order valence-corrected chi connectivity index (χ0v) is 9.78. The Morgan fingerprint density at radius 2 is 2.00 bits per heavy atom. The van der Waals surface area contributed by atoms with Gasteiger partial charge in [-0.25, -0.2) is 4.98 Å². The fraction of sp³-hybridized carbons (Fsp3) is 0.286. The number of nitrogens with two attached hydrogens (primary N) is 1. The van der Waals surface area contributed by atoms with E-state index in [0.717, 1.165) is 29.2 Å². The zero-order valence-electron chi connectivity index (χ0n) is 9.78. The maximum atomic E-state index is 12.1. The molecule has 3 nitrogen and oxygen atoms in total. The highest BCUT2D eigenvalue weighted by atomic mass is 16.1. The molecule has 0 unspecified atom stereocenters. The summed E-state index contributed by atoms with van der Waals surface area (Å²) in [7, 11) is 0. The molecule has 0 bridgehead atoms. The van der Waals surface area contributed by atoms with E-state index in [4.69, 9.17) is 5.73 Å². The summed E-state index contributed by atoms with van der Waals surface area (Å²) in [5.74, 6) is 0.187. The van der Waals surface area contributed by atoms with Gasteiger partial charge in [0.15, 0.2) is 18.2 Å². The number of fused-ring (bicyclic) bond motifs is 1. The molecule has 0 fully saturated rings. The minimum atomic E-state index is 0.187. The monoisotopic (exact) mass is 229 g/mol. The van der Waals surface area contributed by atoms with Gasteiger partial charge in [0.2, 0.25) is 0 Å². The normalized spacial score (nSPS) is 10.6. The predicted octanol–water partition coefficient (Wildman–Crippen LogP) is 1.97. The van der Waals surface area contributed by atoms with Crippen LogP contribution < -0.4 is 10.7 Å². The smallest absolute Gasteiger partial charge is 0.178 e. The van der Waals surface area contributed by atoms with Crippen LogP contribution in [0.4, 0.5) is 0 Å². The van der Waals surface area contributed by atoms with E-state index < -0.39 is 0 Å². The lowest BCUT2D eigenvalue weighted by Gasteiger charge is -2.02. The number of carbonyl (C=O) groups excluding carboxylic acids is 1. The quantitative estimate of drug-likeness (QED) is 0.629. The number of aromatic nitrogens is 1. The number of benzene rings is 1. The second-order valence-corrected chi connectivity index (χ2v) is 4.13. The number of hydrogen-bond acceptors (Lipinski definition) is 2. The van der Waals surface area contributed by atoms with Crippen molar-refractivity contribution in [1.82, 2.24) is 0 Å². The highest BCUT2D eigenvalue weighted by molar-refractivity contribution is 6.07. The van der Waals surface area contributed by atoms with Crippen molar-refractivity contribution >= 4 is 16.6 Å². The van der Waals surface area contributed by atoms with E-state index in [9.17, 15) is 4.79 Å². The lowest BCUT2D eigenvalue weighted by Crippen LogP contribution is -2.09. The van der Waals surface area contributed by atoms with Crippen LogP contribution in [0, 0.1) is 0 Å². The first-order valence-electron chi connectivity index (χ1n) is 5.95. The second-order valence-electron chi connectivity index (χ2n) is 4.13. The summed E-state index contributed by atoms with van der Waals surface area (Å²) >= 11 is 0. The van der Waals surface area contributed by atoms with Crippen LogP contribution in [-0.4, -0.2) is 12.3 Å². The average molecular weight is 229 g/mol. The number of hydrogen-bond donors (Lipinski definition) is 1. The standard InChI is InChI=1S/C14H16N2O/c15-8-4-3-7-14(17)13-10-16-9-11-5-1-2-6-12(11)13/h1-2,5-6,9-10H,3-4,7-8,15H2/p+1. The van der Waals surface area contributed by atoms with E-state index in [1.54, 1.807) is 6.20 Å². The first-order valence-corrected chi connectivity index (χ1v) is 5.95. The van der Waals surface area contributed by atoms with Gasteiger partial charge in [0.25, 0.3) is 0 Å². The fourth-order valence-electron chi connectivity index (χ4n) is 1.96. The topological polar surface area (TPSA) is 57.2 Å². The molecule has 1 heterocycles. The molecule has 0 saturated heterocycles. The van der Waals surface area contributed by atoms with Gasteiger partial charge in [0.05, 0.1) is 5.56 Å². The lowest BCUT2D eigenvalue weighted by molar-refractivity contribution is -0.376. The van der Waals surface area contributed by atoms with Crippen molar-refractivity contribution < 1.29 is 9.78 Å². The van der Waals surface area contributed by atoms with Gasteiger partial charge in [-0.2, -0.15) is 0 Å². The zero-order chi connectivity index (χ0) is 12.1. The van der Waals surface area contributed by atoms with Crippen LogP contribution in [0.3, 0.4) is 0 Å². The molecule has 1 aromatic carbocycles. The summed E-state index contributed by atoms with van der Waals surface area (Å²) in [5, 5.41) is 2.08. The van der Waals surface area contributed by atoms with Crippen LogP contribution in [0.1, 0.15) is 29.6 Å². The number of nitrogens with one attached hydrogen (secondary N) is 1. The largest absolute Gasteiger partial charge is 0.330 e. The van der Waals surface area contributed by atoms with Crippen molar-refractivity contribution in [2.45, 2.75) is 19.3 Å². The van der Waals surface area contributed by atoms with E-state index in [2.05, 4.69) is 4.98 Å². The van der Waals surface area contributed by atoms with Gasteiger partial charge in [0, 0.05) is 17.2 Å². The van der Waals surface area contributed by atoms with Crippen molar-refractivity contribution in [2.75, 3.05) is 6.54 Å². The second kappa shape index (κ2) is 5.55. The van der Waals surface area contributed by atoms with Crippen molar-refractivity contribution in [3.63, 3.8) is 0 Å². The van der Waals surface area contributed by atoms with E-state index in [0.29, 0.717) is 13.0 Å². The molecule has 1 aromatic heterocycles. The molecule has 0 aliphatic carbocycles. The molecule has 0 radical (unpaired) electrons. The molecule has 3 heteroatoms. The van der Waals surface area contributed by atoms with Crippen LogP contribution in [0.5, 0.6) is 0 Å². The highest BCUT2D eigenvalue weighted by Crippen LogP contribution is 2.17. The van der Waals surface area contributed by atoms with Crippen molar-refractivity contribution in [1.29, 1.82) is 0 Å². The van der Waals surface area contributed by atoms with E-state index >= 15 is 0 Å². The van der Waals surface area contributed by atoms with E-state index in [1.165, 1.54) is 0 Å². The van der Waals surface area contributed by atoms with Gasteiger partial charge < -0.3 is 5.73 Å². The molecule has 3 N–H and O–H groups in total. The SMILES string of the molecule is NCCCCC(=O)c1c[nH+]cc2ccccc12. The molecular formula is C14H17N2O+. The number of carbonyl (C=O) groups is 1. The average Bonchev–Trinajstić information content (AvgIpc) is 2.38. The van der Waals surface area contributed by atoms with Gasteiger partial charge in [-0.15, -0.1) is 0 Å². The number of unbranched alkanes of at least 4 members (excludes halogenated alkanes) is 1. The summed E-state index contributed by atoms with van der Waals surface area (Å²) in [6.45, 7) is 0.648. The lowest BCUT2D eigenvalue weighted by atomic mass is 10.0. The Kier molecular flexibility index (Phi) is 3.83. The number of pyridine rings is 1. The summed E-state index contributed by atoms with van der Waals surface area (Å²) in [6, 6.07) is 7.92. The van der Waals surface area contributed by atoms with Gasteiger partial charge >= 0.3 is 0 Å². The Bertz CT molecular complexity index is 517. The third-order valence-electron chi connectivity index (χ3n) is 2.88. The summed E-state index contributed by atoms with van der Waals surface area (Å²) < 4.78 is 0. The van der Waals surface area contributed by atoms with Crippen LogP contribution in [0.25, 0.3) is 10.8 Å². The molecule has 17 heavy (non-hydrogen) atoms. The Morgan fingerprint density at radius 3 is 2.82 bits per heavy atom. The number of H-pyrrole nitrogens is 1. The summed E-state index contributed by atoms with van der Waals surface area (Å²) in [5.41, 5.74) is 6.20.